The first-order valence-electron chi connectivity index (χ1n) is 6.15. The van der Waals surface area contributed by atoms with E-state index in [1.807, 2.05) is 19.9 Å². The zero-order valence-corrected chi connectivity index (χ0v) is 11.5. The fourth-order valence-corrected chi connectivity index (χ4v) is 1.65. The molecular formula is C14H26O3. The van der Waals surface area contributed by atoms with Crippen LogP contribution >= 0.6 is 0 Å². The van der Waals surface area contributed by atoms with Gasteiger partial charge in [0, 0.05) is 19.6 Å². The highest BCUT2D eigenvalue weighted by molar-refractivity contribution is 5.04. The molecule has 0 aromatic carbocycles. The van der Waals surface area contributed by atoms with Gasteiger partial charge < -0.3 is 14.6 Å². The van der Waals surface area contributed by atoms with Crippen molar-refractivity contribution in [2.75, 3.05) is 20.3 Å². The molecule has 0 saturated carbocycles. The highest BCUT2D eigenvalue weighted by Gasteiger charge is 2.20. The molecule has 0 saturated heterocycles. The predicted molar refractivity (Wildman–Crippen MR) is 71.0 cm³/mol. The molecule has 0 rings (SSSR count). The number of hydrogen-bond acceptors (Lipinski definition) is 3. The van der Waals surface area contributed by atoms with Crippen LogP contribution in [-0.2, 0) is 9.47 Å². The second-order valence-corrected chi connectivity index (χ2v) is 4.35. The lowest BCUT2D eigenvalue weighted by Crippen LogP contribution is -2.31. The Kier molecular flexibility index (Phi) is 9.04. The number of aliphatic hydroxyl groups is 1. The molecule has 0 heterocycles. The van der Waals surface area contributed by atoms with Gasteiger partial charge in [0.05, 0.1) is 12.7 Å². The molecule has 0 radical (unpaired) electrons. The second-order valence-electron chi connectivity index (χ2n) is 4.35. The van der Waals surface area contributed by atoms with Gasteiger partial charge in [-0.05, 0) is 13.3 Å². The van der Waals surface area contributed by atoms with Crippen LogP contribution in [0.3, 0.4) is 0 Å². The van der Waals surface area contributed by atoms with Crippen molar-refractivity contribution in [3.63, 3.8) is 0 Å². The Bertz CT molecular complexity index is 236. The Morgan fingerprint density at radius 2 is 2.12 bits per heavy atom. The number of rotatable bonds is 9. The van der Waals surface area contributed by atoms with Crippen molar-refractivity contribution in [1.82, 2.24) is 0 Å². The summed E-state index contributed by atoms with van der Waals surface area (Å²) < 4.78 is 10.6. The monoisotopic (exact) mass is 242 g/mol. The molecule has 100 valence electrons. The number of hydrogen-bond donors (Lipinski definition) is 1. The summed E-state index contributed by atoms with van der Waals surface area (Å²) in [5.41, 5.74) is 1.13. The topological polar surface area (TPSA) is 38.7 Å². The highest BCUT2D eigenvalue weighted by atomic mass is 16.5. The van der Waals surface area contributed by atoms with Crippen molar-refractivity contribution in [2.45, 2.75) is 39.4 Å². The SMILES string of the molecule is C=CC(OC)[C@@H](O)[C@H](C)/C=C(/C)COCCC. The van der Waals surface area contributed by atoms with E-state index in [2.05, 4.69) is 13.5 Å². The summed E-state index contributed by atoms with van der Waals surface area (Å²) in [5.74, 6) is 0.0168. The quantitative estimate of drug-likeness (QED) is 0.499. The number of aliphatic hydroxyl groups excluding tert-OH is 1. The normalized spacial score (nSPS) is 17.6. The lowest BCUT2D eigenvalue weighted by Gasteiger charge is -2.22. The van der Waals surface area contributed by atoms with Gasteiger partial charge in [-0.15, -0.1) is 6.58 Å². The van der Waals surface area contributed by atoms with Gasteiger partial charge in [0.25, 0.3) is 0 Å². The van der Waals surface area contributed by atoms with Crippen molar-refractivity contribution in [3.05, 3.63) is 24.3 Å². The molecule has 1 N–H and O–H groups in total. The molecule has 1 unspecified atom stereocenters. The van der Waals surface area contributed by atoms with E-state index >= 15 is 0 Å². The Labute approximate surface area is 105 Å². The molecule has 3 nitrogen and oxygen atoms in total. The third-order valence-electron chi connectivity index (χ3n) is 2.61. The fourth-order valence-electron chi connectivity index (χ4n) is 1.65. The van der Waals surface area contributed by atoms with Crippen molar-refractivity contribution < 1.29 is 14.6 Å². The summed E-state index contributed by atoms with van der Waals surface area (Å²) >= 11 is 0. The molecule has 3 heteroatoms. The van der Waals surface area contributed by atoms with Gasteiger partial charge >= 0.3 is 0 Å². The molecule has 0 fully saturated rings. The summed E-state index contributed by atoms with van der Waals surface area (Å²) in [6, 6.07) is 0. The van der Waals surface area contributed by atoms with E-state index in [-0.39, 0.29) is 12.0 Å². The van der Waals surface area contributed by atoms with Crippen LogP contribution in [0.25, 0.3) is 0 Å². The Balaban J connectivity index is 4.24. The first-order chi connectivity index (χ1) is 8.06. The van der Waals surface area contributed by atoms with E-state index in [1.165, 1.54) is 0 Å². The van der Waals surface area contributed by atoms with E-state index in [0.29, 0.717) is 6.61 Å². The van der Waals surface area contributed by atoms with Crippen LogP contribution in [0.1, 0.15) is 27.2 Å². The van der Waals surface area contributed by atoms with Gasteiger partial charge in [-0.2, -0.15) is 0 Å². The second kappa shape index (κ2) is 9.40. The highest BCUT2D eigenvalue weighted by Crippen LogP contribution is 2.14. The number of ether oxygens (including phenoxy) is 2. The summed E-state index contributed by atoms with van der Waals surface area (Å²) in [6.07, 6.45) is 3.77. The van der Waals surface area contributed by atoms with E-state index < -0.39 is 6.10 Å². The van der Waals surface area contributed by atoms with E-state index in [4.69, 9.17) is 9.47 Å². The molecule has 17 heavy (non-hydrogen) atoms. The molecule has 3 atom stereocenters. The van der Waals surface area contributed by atoms with E-state index in [9.17, 15) is 5.11 Å². The third-order valence-corrected chi connectivity index (χ3v) is 2.61. The Hall–Kier alpha value is -0.640. The van der Waals surface area contributed by atoms with Gasteiger partial charge in [0.1, 0.15) is 6.10 Å². The van der Waals surface area contributed by atoms with Crippen molar-refractivity contribution in [2.24, 2.45) is 5.92 Å². The van der Waals surface area contributed by atoms with Crippen LogP contribution < -0.4 is 0 Å². The average molecular weight is 242 g/mol. The Morgan fingerprint density at radius 1 is 1.47 bits per heavy atom. The van der Waals surface area contributed by atoms with Gasteiger partial charge in [-0.1, -0.05) is 31.6 Å². The van der Waals surface area contributed by atoms with Crippen LogP contribution in [0.2, 0.25) is 0 Å². The molecule has 0 aliphatic heterocycles. The zero-order chi connectivity index (χ0) is 13.3. The lowest BCUT2D eigenvalue weighted by atomic mass is 9.97. The van der Waals surface area contributed by atoms with Crippen LogP contribution in [0, 0.1) is 5.92 Å². The van der Waals surface area contributed by atoms with Gasteiger partial charge in [0.2, 0.25) is 0 Å². The molecule has 0 aliphatic rings. The lowest BCUT2D eigenvalue weighted by molar-refractivity contribution is -0.00169. The minimum Gasteiger partial charge on any atom is -0.389 e. The molecule has 0 bridgehead atoms. The minimum absolute atomic E-state index is 0.0168. The zero-order valence-electron chi connectivity index (χ0n) is 11.5. The maximum atomic E-state index is 10.0. The van der Waals surface area contributed by atoms with Gasteiger partial charge in [-0.3, -0.25) is 0 Å². The van der Waals surface area contributed by atoms with Crippen LogP contribution in [-0.4, -0.2) is 37.6 Å². The molecule has 0 aliphatic carbocycles. The van der Waals surface area contributed by atoms with Crippen molar-refractivity contribution in [1.29, 1.82) is 0 Å². The van der Waals surface area contributed by atoms with Gasteiger partial charge in [-0.25, -0.2) is 0 Å². The van der Waals surface area contributed by atoms with Crippen molar-refractivity contribution >= 4 is 0 Å². The summed E-state index contributed by atoms with van der Waals surface area (Å²) in [6.45, 7) is 11.1. The maximum Gasteiger partial charge on any atom is 0.101 e. The van der Waals surface area contributed by atoms with Crippen LogP contribution in [0.5, 0.6) is 0 Å². The molecule has 0 spiro atoms. The largest absolute Gasteiger partial charge is 0.389 e. The summed E-state index contributed by atoms with van der Waals surface area (Å²) in [4.78, 5) is 0. The van der Waals surface area contributed by atoms with Crippen molar-refractivity contribution in [3.8, 4) is 0 Å². The summed E-state index contributed by atoms with van der Waals surface area (Å²) in [5, 5.41) is 10.0. The van der Waals surface area contributed by atoms with E-state index in [1.54, 1.807) is 13.2 Å². The molecule has 0 amide bonds. The molecular weight excluding hydrogens is 216 g/mol. The summed E-state index contributed by atoms with van der Waals surface area (Å²) in [7, 11) is 1.57. The van der Waals surface area contributed by atoms with Crippen LogP contribution in [0.15, 0.2) is 24.3 Å². The van der Waals surface area contributed by atoms with Gasteiger partial charge in [0.15, 0.2) is 0 Å². The Morgan fingerprint density at radius 3 is 2.59 bits per heavy atom. The minimum atomic E-state index is -0.571. The number of methoxy groups -OCH3 is 1. The third kappa shape index (κ3) is 6.61. The molecule has 0 aromatic rings. The maximum absolute atomic E-state index is 10.0. The average Bonchev–Trinajstić information content (AvgIpc) is 2.30. The van der Waals surface area contributed by atoms with Crippen LogP contribution in [0.4, 0.5) is 0 Å². The fraction of sp³-hybridized carbons (Fsp3) is 0.714. The first kappa shape index (κ1) is 16.4. The van der Waals surface area contributed by atoms with E-state index in [0.717, 1.165) is 18.6 Å². The predicted octanol–water partition coefficient (Wildman–Crippen LogP) is 2.56. The first-order valence-corrected chi connectivity index (χ1v) is 6.15. The standard InChI is InChI=1S/C14H26O3/c1-6-8-17-10-11(3)9-12(4)14(15)13(7-2)16-5/h7,9,12-15H,2,6,8,10H2,1,3-5H3/b11-9-/t12-,13?,14+/m1/s1. The molecule has 0 aromatic heterocycles. The smallest absolute Gasteiger partial charge is 0.101 e.